The Hall–Kier alpha value is -4.73. The summed E-state index contributed by atoms with van der Waals surface area (Å²) in [7, 11) is 0. The van der Waals surface area contributed by atoms with Gasteiger partial charge in [0.2, 0.25) is 5.91 Å². The summed E-state index contributed by atoms with van der Waals surface area (Å²) in [5.41, 5.74) is 6.39. The molecular formula is C34H37FN4O5. The molecule has 0 aliphatic heterocycles. The molecule has 44 heavy (non-hydrogen) atoms. The molecule has 4 aromatic rings. The van der Waals surface area contributed by atoms with Crippen LogP contribution < -0.4 is 15.4 Å². The fourth-order valence-corrected chi connectivity index (χ4v) is 5.55. The van der Waals surface area contributed by atoms with Gasteiger partial charge in [-0.2, -0.15) is 0 Å². The molecule has 1 amide bonds. The average molecular weight is 601 g/mol. The van der Waals surface area contributed by atoms with Crippen molar-refractivity contribution in [2.24, 2.45) is 0 Å². The van der Waals surface area contributed by atoms with Crippen molar-refractivity contribution in [2.45, 2.75) is 51.4 Å². The number of ether oxygens (including phenoxy) is 1. The molecule has 3 aromatic carbocycles. The Balaban J connectivity index is 1.10. The van der Waals surface area contributed by atoms with E-state index in [1.165, 1.54) is 35.9 Å². The monoisotopic (exact) mass is 600 g/mol. The maximum Gasteiger partial charge on any atom is 0.294 e. The summed E-state index contributed by atoms with van der Waals surface area (Å²) in [6.45, 7) is 3.23. The minimum absolute atomic E-state index is 0.0399. The summed E-state index contributed by atoms with van der Waals surface area (Å²) in [4.78, 5) is 32.2. The molecule has 0 fully saturated rings. The molecule has 0 saturated carbocycles. The van der Waals surface area contributed by atoms with E-state index < -0.39 is 16.8 Å². The quantitative estimate of drug-likeness (QED) is 0.0950. The van der Waals surface area contributed by atoms with E-state index in [9.17, 15) is 14.9 Å². The van der Waals surface area contributed by atoms with Gasteiger partial charge in [-0.15, -0.1) is 10.1 Å². The van der Waals surface area contributed by atoms with Crippen LogP contribution in [0, 0.1) is 15.9 Å². The fourth-order valence-electron chi connectivity index (χ4n) is 5.55. The van der Waals surface area contributed by atoms with Crippen LogP contribution in [0.3, 0.4) is 0 Å². The van der Waals surface area contributed by atoms with Crippen LogP contribution in [0.25, 0.3) is 22.0 Å². The smallest absolute Gasteiger partial charge is 0.294 e. The molecule has 1 atom stereocenters. The lowest BCUT2D eigenvalue weighted by Crippen LogP contribution is -2.30. The molecule has 230 valence electrons. The van der Waals surface area contributed by atoms with Crippen LogP contribution in [0.15, 0.2) is 66.7 Å². The van der Waals surface area contributed by atoms with Crippen LogP contribution in [0.4, 0.5) is 10.1 Å². The SMILES string of the molecule is CC(C(=O)NCCCNc1c2c(nc3ccccc13)CCCC2)c1ccc(-c2ccc(OCCCO[N+](=O)[O-])cc2)c(F)c1. The van der Waals surface area contributed by atoms with E-state index in [1.807, 2.05) is 12.1 Å². The number of nitrogens with zero attached hydrogens (tertiary/aromatic N) is 2. The number of aryl methyl sites for hydroxylation is 1. The largest absolute Gasteiger partial charge is 0.494 e. The van der Waals surface area contributed by atoms with Crippen molar-refractivity contribution in [3.8, 4) is 16.9 Å². The van der Waals surface area contributed by atoms with E-state index in [4.69, 9.17) is 9.72 Å². The highest BCUT2D eigenvalue weighted by Crippen LogP contribution is 2.33. The van der Waals surface area contributed by atoms with Crippen LogP contribution in [0.1, 0.15) is 55.3 Å². The van der Waals surface area contributed by atoms with Gasteiger partial charge in [-0.05, 0) is 80.0 Å². The molecule has 1 heterocycles. The minimum atomic E-state index is -0.835. The van der Waals surface area contributed by atoms with Gasteiger partial charge < -0.3 is 20.2 Å². The van der Waals surface area contributed by atoms with Gasteiger partial charge in [-0.25, -0.2) is 4.39 Å². The second kappa shape index (κ2) is 14.6. The summed E-state index contributed by atoms with van der Waals surface area (Å²) < 4.78 is 20.7. The van der Waals surface area contributed by atoms with Crippen LogP contribution >= 0.6 is 0 Å². The van der Waals surface area contributed by atoms with Crippen molar-refractivity contribution in [2.75, 3.05) is 31.6 Å². The highest BCUT2D eigenvalue weighted by Gasteiger charge is 2.19. The number of hydrogen-bond donors (Lipinski definition) is 2. The normalized spacial score (nSPS) is 13.1. The Morgan fingerprint density at radius 2 is 1.82 bits per heavy atom. The third-order valence-corrected chi connectivity index (χ3v) is 7.93. The molecular weight excluding hydrogens is 563 g/mol. The topological polar surface area (TPSA) is 116 Å². The van der Waals surface area contributed by atoms with Gasteiger partial charge in [-0.3, -0.25) is 9.78 Å². The predicted octanol–water partition coefficient (Wildman–Crippen LogP) is 6.62. The first-order chi connectivity index (χ1) is 21.4. The van der Waals surface area contributed by atoms with Crippen LogP contribution in [-0.4, -0.2) is 42.3 Å². The molecule has 10 heteroatoms. The Morgan fingerprint density at radius 3 is 2.61 bits per heavy atom. The van der Waals surface area contributed by atoms with Gasteiger partial charge in [-0.1, -0.05) is 42.5 Å². The maximum absolute atomic E-state index is 15.1. The van der Waals surface area contributed by atoms with Gasteiger partial charge in [0.25, 0.3) is 5.09 Å². The zero-order chi connectivity index (χ0) is 30.9. The third-order valence-electron chi connectivity index (χ3n) is 7.93. The molecule has 1 aromatic heterocycles. The number of benzene rings is 3. The first-order valence-corrected chi connectivity index (χ1v) is 15.1. The molecule has 1 aliphatic carbocycles. The van der Waals surface area contributed by atoms with Crippen molar-refractivity contribution in [3.05, 3.63) is 99.5 Å². The number of hydrogen-bond acceptors (Lipinski definition) is 7. The zero-order valence-corrected chi connectivity index (χ0v) is 24.8. The van der Waals surface area contributed by atoms with E-state index in [2.05, 4.69) is 27.6 Å². The molecule has 0 bridgehead atoms. The number of amides is 1. The van der Waals surface area contributed by atoms with Crippen molar-refractivity contribution in [3.63, 3.8) is 0 Å². The standard InChI is InChI=1S/C34H37FN4O5/c1-23(25-14-17-27(30(35)22-25)24-12-15-26(16-13-24)43-20-7-21-44-39(41)42)34(40)37-19-6-18-36-33-28-8-2-4-10-31(28)38-32-11-5-3-9-29(32)33/h2,4,8,10,12-17,22-23H,3,5-7,9,11,18-21H2,1H3,(H,36,38)(H,37,40). The molecule has 1 unspecified atom stereocenters. The number of nitrogens with one attached hydrogen (secondary N) is 2. The number of aromatic nitrogens is 1. The lowest BCUT2D eigenvalue weighted by molar-refractivity contribution is -0.757. The number of rotatable bonds is 14. The second-order valence-electron chi connectivity index (χ2n) is 11.0. The molecule has 2 N–H and O–H groups in total. The Morgan fingerprint density at radius 1 is 1.02 bits per heavy atom. The van der Waals surface area contributed by atoms with Gasteiger partial charge in [0, 0.05) is 41.8 Å². The summed E-state index contributed by atoms with van der Waals surface area (Å²) in [5, 5.41) is 17.1. The van der Waals surface area contributed by atoms with Crippen molar-refractivity contribution in [1.29, 1.82) is 0 Å². The molecule has 1 aliphatic rings. The first kappa shape index (κ1) is 30.7. The lowest BCUT2D eigenvalue weighted by Gasteiger charge is -2.22. The summed E-state index contributed by atoms with van der Waals surface area (Å²) in [6.07, 6.45) is 5.51. The van der Waals surface area contributed by atoms with Crippen LogP contribution in [0.5, 0.6) is 5.75 Å². The van der Waals surface area contributed by atoms with Crippen LogP contribution in [-0.2, 0) is 22.5 Å². The summed E-state index contributed by atoms with van der Waals surface area (Å²) in [5.74, 6) is -0.488. The van der Waals surface area contributed by atoms with E-state index in [0.717, 1.165) is 36.7 Å². The fraction of sp³-hybridized carbons (Fsp3) is 0.353. The van der Waals surface area contributed by atoms with Gasteiger partial charge >= 0.3 is 0 Å². The molecule has 5 rings (SSSR count). The average Bonchev–Trinajstić information content (AvgIpc) is 3.03. The Kier molecular flexibility index (Phi) is 10.2. The van der Waals surface area contributed by atoms with E-state index in [0.29, 0.717) is 35.4 Å². The minimum Gasteiger partial charge on any atom is -0.494 e. The number of carbonyl (C=O) groups excluding carboxylic acids is 1. The lowest BCUT2D eigenvalue weighted by atomic mass is 9.92. The van der Waals surface area contributed by atoms with Crippen molar-refractivity contribution < 1.29 is 23.8 Å². The van der Waals surface area contributed by atoms with E-state index in [-0.39, 0.29) is 19.1 Å². The number of para-hydroxylation sites is 1. The Labute approximate surface area is 255 Å². The highest BCUT2D eigenvalue weighted by molar-refractivity contribution is 5.93. The van der Waals surface area contributed by atoms with Gasteiger partial charge in [0.05, 0.1) is 24.6 Å². The van der Waals surface area contributed by atoms with Gasteiger partial charge in [0.1, 0.15) is 11.6 Å². The molecule has 9 nitrogen and oxygen atoms in total. The molecule has 0 saturated heterocycles. The number of anilines is 1. The van der Waals surface area contributed by atoms with E-state index in [1.54, 1.807) is 43.3 Å². The van der Waals surface area contributed by atoms with Crippen LogP contribution in [0.2, 0.25) is 0 Å². The maximum atomic E-state index is 15.1. The van der Waals surface area contributed by atoms with E-state index >= 15 is 4.39 Å². The number of carbonyl (C=O) groups is 1. The van der Waals surface area contributed by atoms with Crippen molar-refractivity contribution >= 4 is 22.5 Å². The Bertz CT molecular complexity index is 1610. The third kappa shape index (κ3) is 7.61. The molecule has 0 spiro atoms. The molecule has 0 radical (unpaired) electrons. The number of halogens is 1. The number of fused-ring (bicyclic) bond motifs is 2. The van der Waals surface area contributed by atoms with Gasteiger partial charge in [0.15, 0.2) is 0 Å². The predicted molar refractivity (Wildman–Crippen MR) is 168 cm³/mol. The summed E-state index contributed by atoms with van der Waals surface area (Å²) >= 11 is 0. The van der Waals surface area contributed by atoms with Crippen molar-refractivity contribution in [1.82, 2.24) is 10.3 Å². The number of pyridine rings is 1. The first-order valence-electron chi connectivity index (χ1n) is 15.1. The highest BCUT2D eigenvalue weighted by atomic mass is 19.1. The second-order valence-corrected chi connectivity index (χ2v) is 11.0. The summed E-state index contributed by atoms with van der Waals surface area (Å²) in [6, 6.07) is 20.0. The zero-order valence-electron chi connectivity index (χ0n) is 24.8.